The first kappa shape index (κ1) is 32.8. The molecule has 4 saturated heterocycles. The monoisotopic (exact) mass is 707 g/mol. The van der Waals surface area contributed by atoms with Gasteiger partial charge in [0.2, 0.25) is 5.91 Å². The lowest BCUT2D eigenvalue weighted by Gasteiger charge is -2.58. The molecular weight excluding hydrogens is 671 g/mol. The van der Waals surface area contributed by atoms with Crippen LogP contribution in [0.15, 0.2) is 12.2 Å². The molecule has 4 aliphatic heterocycles. The first-order valence-corrected chi connectivity index (χ1v) is 30.7. The summed E-state index contributed by atoms with van der Waals surface area (Å²) in [5.74, 6) is -1.77. The molecule has 2 N–H and O–H groups in total. The Bertz CT molecular complexity index is 1070. The predicted octanol–water partition coefficient (Wildman–Crippen LogP) is 1.07. The van der Waals surface area contributed by atoms with Gasteiger partial charge in [0.05, 0.1) is 0 Å². The highest BCUT2D eigenvalue weighted by atomic mass is 28.6. The third kappa shape index (κ3) is 7.71. The Morgan fingerprint density at radius 2 is 1.12 bits per heavy atom. The third-order valence-electron chi connectivity index (χ3n) is 5.82. The fourth-order valence-electron chi connectivity index (χ4n) is 5.12. The van der Waals surface area contributed by atoms with Crippen LogP contribution in [0, 0.1) is 0 Å². The average molecular weight is 708 g/mol. The molecule has 0 spiro atoms. The summed E-state index contributed by atoms with van der Waals surface area (Å²) in [6.45, 7) is 14.1. The van der Waals surface area contributed by atoms with Crippen molar-refractivity contribution in [3.8, 4) is 0 Å². The second-order valence-corrected chi connectivity index (χ2v) is 35.1. The maximum Gasteiger partial charge on any atom is 0.482 e. The number of carboxylic acid groups (broad SMARTS) is 1. The Kier molecular flexibility index (Phi) is 8.89. The number of hydrogen-bond donors (Lipinski definition) is 2. The smallest absolute Gasteiger partial charge is 0.478 e. The van der Waals surface area contributed by atoms with Crippen LogP contribution in [0.2, 0.25) is 58.4 Å². The van der Waals surface area contributed by atoms with E-state index < -0.39 is 82.1 Å². The zero-order chi connectivity index (χ0) is 29.9. The van der Waals surface area contributed by atoms with Crippen LogP contribution in [-0.4, -0.2) is 101 Å². The normalized spacial score (nSPS) is 46.5. The first-order chi connectivity index (χ1) is 18.1. The molecule has 7 atom stereocenters. The highest BCUT2D eigenvalue weighted by Crippen LogP contribution is 2.45. The zero-order valence-corrected chi connectivity index (χ0v) is 31.9. The van der Waals surface area contributed by atoms with E-state index in [9.17, 15) is 9.59 Å². The van der Waals surface area contributed by atoms with Gasteiger partial charge in [0.1, 0.15) is 0 Å². The van der Waals surface area contributed by atoms with Crippen molar-refractivity contribution in [3.05, 3.63) is 12.2 Å². The summed E-state index contributed by atoms with van der Waals surface area (Å²) in [4.78, 5) is 22.7. The molecule has 4 fully saturated rings. The molecule has 4 rings (SSSR count). The molecule has 24 heteroatoms. The van der Waals surface area contributed by atoms with Gasteiger partial charge in [0, 0.05) is 71.1 Å². The van der Waals surface area contributed by atoms with Crippen LogP contribution in [0.25, 0.3) is 0 Å². The van der Waals surface area contributed by atoms with Gasteiger partial charge in [-0.15, -0.1) is 0 Å². The van der Waals surface area contributed by atoms with Crippen molar-refractivity contribution in [2.75, 3.05) is 13.7 Å². The molecule has 4 heterocycles. The Morgan fingerprint density at radius 3 is 1.62 bits per heavy atom. The molecule has 0 radical (unpaired) electrons. The highest BCUT2D eigenvalue weighted by molar-refractivity contribution is 7.00. The molecule has 7 unspecified atom stereocenters. The second-order valence-electron chi connectivity index (χ2n) is 10.7. The SMILES string of the molecule is CO[Si]1(C)O[Si]2(C)O[Si]3(C)O[Si](C)(C)O[Si]4(CCCNC(=O)/C=C\C(=O)O)O[Si](C)(O1)O[Si](C)(O2)O[Si](C)(O3)O4. The Labute approximate surface area is 241 Å². The van der Waals surface area contributed by atoms with Crippen LogP contribution >= 0.6 is 0 Å². The second kappa shape index (κ2) is 10.8. The van der Waals surface area contributed by atoms with Gasteiger partial charge in [-0.25, -0.2) is 4.79 Å². The van der Waals surface area contributed by atoms with Crippen LogP contribution < -0.4 is 5.32 Å². The van der Waals surface area contributed by atoms with Gasteiger partial charge < -0.3 is 60.1 Å². The van der Waals surface area contributed by atoms with Crippen molar-refractivity contribution in [1.82, 2.24) is 5.32 Å². The van der Waals surface area contributed by atoms with Crippen molar-refractivity contribution in [2.45, 2.75) is 64.8 Å². The number of carbonyl (C=O) groups is 2. The summed E-state index contributed by atoms with van der Waals surface area (Å²) in [6, 6.07) is 0.206. The summed E-state index contributed by atoms with van der Waals surface area (Å²) in [5.41, 5.74) is 0. The molecule has 6 bridgehead atoms. The molecule has 40 heavy (non-hydrogen) atoms. The molecule has 1 amide bonds. The van der Waals surface area contributed by atoms with Gasteiger partial charge in [0.15, 0.2) is 0 Å². The van der Waals surface area contributed by atoms with Gasteiger partial charge in [-0.2, -0.15) is 0 Å². The van der Waals surface area contributed by atoms with E-state index in [-0.39, 0.29) is 12.6 Å². The average Bonchev–Trinajstić information content (AvgIpc) is 2.68. The maximum atomic E-state index is 12.0. The fourth-order valence-corrected chi connectivity index (χ4v) is 48.4. The van der Waals surface area contributed by atoms with Gasteiger partial charge in [-0.05, 0) is 19.5 Å². The van der Waals surface area contributed by atoms with Crippen LogP contribution in [0.4, 0.5) is 0 Å². The van der Waals surface area contributed by atoms with E-state index in [1.165, 1.54) is 7.11 Å². The van der Waals surface area contributed by atoms with Crippen molar-refractivity contribution in [3.63, 3.8) is 0 Å². The minimum Gasteiger partial charge on any atom is -0.478 e. The number of nitrogens with one attached hydrogen (secondary N) is 1. The van der Waals surface area contributed by atoms with E-state index in [1.54, 1.807) is 39.3 Å². The first-order valence-electron chi connectivity index (χ1n) is 12.6. The molecule has 16 nitrogen and oxygen atoms in total. The van der Waals surface area contributed by atoms with E-state index in [2.05, 4.69) is 5.32 Å². The molecule has 0 aromatic rings. The number of carboxylic acids is 1. The largest absolute Gasteiger partial charge is 0.482 e. The molecule has 0 aromatic carbocycles. The van der Waals surface area contributed by atoms with Crippen LogP contribution in [0.1, 0.15) is 6.42 Å². The van der Waals surface area contributed by atoms with E-state index in [0.29, 0.717) is 6.42 Å². The van der Waals surface area contributed by atoms with E-state index in [4.69, 9.17) is 54.8 Å². The number of fused-ring (bicyclic) bond motifs is 4. The Morgan fingerprint density at radius 1 is 0.675 bits per heavy atom. The summed E-state index contributed by atoms with van der Waals surface area (Å²) in [5, 5.41) is 11.4. The van der Waals surface area contributed by atoms with Gasteiger partial charge in [-0.1, -0.05) is 0 Å². The van der Waals surface area contributed by atoms with Crippen molar-refractivity contribution in [2.24, 2.45) is 0 Å². The van der Waals surface area contributed by atoms with E-state index in [1.807, 2.05) is 13.1 Å². The van der Waals surface area contributed by atoms with Crippen molar-refractivity contribution >= 4 is 82.1 Å². The van der Waals surface area contributed by atoms with Crippen molar-refractivity contribution < 1.29 is 64.4 Å². The minimum atomic E-state index is -3.82. The molecule has 4 aliphatic rings. The van der Waals surface area contributed by atoms with Gasteiger partial charge in [-0.3, -0.25) is 4.79 Å². The van der Waals surface area contributed by atoms with E-state index in [0.717, 1.165) is 12.2 Å². The Hall–Kier alpha value is -0.0649. The van der Waals surface area contributed by atoms with Gasteiger partial charge in [0.25, 0.3) is 0 Å². The van der Waals surface area contributed by atoms with Gasteiger partial charge >= 0.3 is 76.2 Å². The quantitative estimate of drug-likeness (QED) is 0.218. The number of rotatable bonds is 7. The summed E-state index contributed by atoms with van der Waals surface area (Å²) in [6.07, 6.45) is 2.04. The minimum absolute atomic E-state index is 0.180. The molecule has 228 valence electrons. The standard InChI is InChI=1S/C16H37NO15Si8/c1-21-34(4)24-36(6)26-35(5)22-33(2,3)23-40(14-10-13-17-15(18)11-12-16(19)20)31-38(8,25-34)29-37(7,28-36)30-39(9,27-35)32-40/h11-12H,10,13-14H2,1-9H3,(H,17,18)(H,19,20)/b12-11-. The summed E-state index contributed by atoms with van der Waals surface area (Å²) >= 11 is 0. The fraction of sp³-hybridized carbons (Fsp3) is 0.750. The maximum absolute atomic E-state index is 12.0. The molecular formula is C16H37NO15Si8. The number of hydrogen-bond acceptors (Lipinski definition) is 14. The zero-order valence-electron chi connectivity index (χ0n) is 23.9. The number of aliphatic carboxylic acids is 1. The lowest BCUT2D eigenvalue weighted by Crippen LogP contribution is -2.82. The summed E-state index contributed by atoms with van der Waals surface area (Å²) < 4.78 is 78.5. The van der Waals surface area contributed by atoms with Crippen LogP contribution in [0.3, 0.4) is 0 Å². The lowest BCUT2D eigenvalue weighted by atomic mass is 10.4. The highest BCUT2D eigenvalue weighted by Gasteiger charge is 2.75. The van der Waals surface area contributed by atoms with Crippen molar-refractivity contribution in [1.29, 1.82) is 0 Å². The van der Waals surface area contributed by atoms with Crippen LogP contribution in [0.5, 0.6) is 0 Å². The predicted molar refractivity (Wildman–Crippen MR) is 151 cm³/mol. The molecule has 0 aromatic heterocycles. The Balaban J connectivity index is 1.75. The molecule has 0 saturated carbocycles. The van der Waals surface area contributed by atoms with Crippen LogP contribution in [-0.2, 0) is 59.3 Å². The topological polar surface area (TPSA) is 177 Å². The third-order valence-corrected chi connectivity index (χ3v) is 40.4. The number of amides is 1. The molecule has 0 aliphatic carbocycles. The number of carbonyl (C=O) groups excluding carboxylic acids is 1. The van der Waals surface area contributed by atoms with E-state index >= 15 is 0 Å². The lowest BCUT2D eigenvalue weighted by molar-refractivity contribution is -0.131. The summed E-state index contributed by atoms with van der Waals surface area (Å²) in [7, 11) is -27.2.